The van der Waals surface area contributed by atoms with Crippen molar-refractivity contribution in [1.29, 1.82) is 0 Å². The lowest BCUT2D eigenvalue weighted by Gasteiger charge is -2.09. The summed E-state index contributed by atoms with van der Waals surface area (Å²) in [6, 6.07) is 19.1. The molecule has 32 heavy (non-hydrogen) atoms. The molecule has 0 saturated carbocycles. The molecule has 0 aliphatic carbocycles. The van der Waals surface area contributed by atoms with Gasteiger partial charge < -0.3 is 19.7 Å². The van der Waals surface area contributed by atoms with Crippen LogP contribution in [0.15, 0.2) is 82.2 Å². The van der Waals surface area contributed by atoms with Gasteiger partial charge in [0.2, 0.25) is 17.6 Å². The van der Waals surface area contributed by atoms with E-state index in [1.165, 1.54) is 17.7 Å². The van der Waals surface area contributed by atoms with Crippen LogP contribution in [-0.4, -0.2) is 26.5 Å². The van der Waals surface area contributed by atoms with E-state index in [1.807, 2.05) is 30.3 Å². The Morgan fingerprint density at radius 1 is 0.938 bits per heavy atom. The summed E-state index contributed by atoms with van der Waals surface area (Å²) in [5.41, 5.74) is 1.70. The zero-order valence-electron chi connectivity index (χ0n) is 17.1. The van der Waals surface area contributed by atoms with Crippen LogP contribution >= 0.6 is 0 Å². The number of anilines is 2. The van der Waals surface area contributed by atoms with Gasteiger partial charge in [-0.3, -0.25) is 14.4 Å². The van der Waals surface area contributed by atoms with Crippen LogP contribution in [0.3, 0.4) is 0 Å². The van der Waals surface area contributed by atoms with E-state index in [4.69, 9.17) is 4.52 Å². The van der Waals surface area contributed by atoms with Gasteiger partial charge in [0.25, 0.3) is 11.4 Å². The summed E-state index contributed by atoms with van der Waals surface area (Å²) in [5, 5.41) is 9.31. The molecule has 9 nitrogen and oxygen atoms in total. The van der Waals surface area contributed by atoms with E-state index in [1.54, 1.807) is 36.4 Å². The third-order valence-corrected chi connectivity index (χ3v) is 4.51. The topological polar surface area (TPSA) is 119 Å². The van der Waals surface area contributed by atoms with Gasteiger partial charge in [0.15, 0.2) is 0 Å². The van der Waals surface area contributed by atoms with E-state index in [0.29, 0.717) is 17.2 Å². The number of hydrogen-bond acceptors (Lipinski definition) is 6. The summed E-state index contributed by atoms with van der Waals surface area (Å²) in [7, 11) is 0. The molecule has 0 aliphatic rings. The lowest BCUT2D eigenvalue weighted by molar-refractivity contribution is -0.117. The Morgan fingerprint density at radius 3 is 2.31 bits per heavy atom. The minimum atomic E-state index is -0.424. The van der Waals surface area contributed by atoms with Crippen molar-refractivity contribution in [3.05, 3.63) is 83.3 Å². The molecule has 4 aromatic rings. The van der Waals surface area contributed by atoms with Crippen molar-refractivity contribution < 1.29 is 14.1 Å². The number of carbonyl (C=O) groups excluding carboxylic acids is 2. The molecule has 9 heteroatoms. The van der Waals surface area contributed by atoms with E-state index in [-0.39, 0.29) is 29.8 Å². The van der Waals surface area contributed by atoms with E-state index >= 15 is 0 Å². The number of aromatic nitrogens is 3. The number of pyridine rings is 1. The molecular weight excluding hydrogens is 410 g/mol. The molecule has 4 rings (SSSR count). The Labute approximate surface area is 182 Å². The molecule has 2 amide bonds. The van der Waals surface area contributed by atoms with Gasteiger partial charge in [-0.05, 0) is 36.4 Å². The molecule has 0 unspecified atom stereocenters. The number of hydrogen-bond donors (Lipinski definition) is 2. The normalized spacial score (nSPS) is 10.5. The summed E-state index contributed by atoms with van der Waals surface area (Å²) < 4.78 is 6.54. The highest BCUT2D eigenvalue weighted by atomic mass is 16.5. The summed E-state index contributed by atoms with van der Waals surface area (Å²) >= 11 is 0. The maximum atomic E-state index is 12.9. The Kier molecular flexibility index (Phi) is 5.89. The Morgan fingerprint density at radius 2 is 1.62 bits per heavy atom. The quantitative estimate of drug-likeness (QED) is 0.486. The number of rotatable bonds is 6. The van der Waals surface area contributed by atoms with Crippen LogP contribution in [0.25, 0.3) is 22.8 Å². The predicted octanol–water partition coefficient (Wildman–Crippen LogP) is 3.16. The van der Waals surface area contributed by atoms with Gasteiger partial charge in [-0.15, -0.1) is 0 Å². The first kappa shape index (κ1) is 20.7. The molecule has 160 valence electrons. The van der Waals surface area contributed by atoms with Crippen molar-refractivity contribution >= 4 is 23.2 Å². The van der Waals surface area contributed by atoms with Gasteiger partial charge in [-0.1, -0.05) is 35.5 Å². The fourth-order valence-corrected chi connectivity index (χ4v) is 3.06. The van der Waals surface area contributed by atoms with Crippen molar-refractivity contribution in [3.8, 4) is 22.8 Å². The van der Waals surface area contributed by atoms with Gasteiger partial charge in [0.05, 0.1) is 0 Å². The Balaban J connectivity index is 1.48. The molecule has 2 aromatic heterocycles. The molecule has 2 aromatic carbocycles. The first-order valence-electron chi connectivity index (χ1n) is 9.76. The van der Waals surface area contributed by atoms with Gasteiger partial charge >= 0.3 is 0 Å². The molecule has 0 atom stereocenters. The van der Waals surface area contributed by atoms with Crippen LogP contribution < -0.4 is 16.2 Å². The molecule has 0 radical (unpaired) electrons. The number of nitrogens with zero attached hydrogens (tertiary/aromatic N) is 3. The van der Waals surface area contributed by atoms with Crippen LogP contribution in [0, 0.1) is 0 Å². The van der Waals surface area contributed by atoms with E-state index in [0.717, 1.165) is 5.56 Å². The maximum Gasteiger partial charge on any atom is 0.263 e. The summed E-state index contributed by atoms with van der Waals surface area (Å²) in [4.78, 5) is 40.7. The molecule has 0 aliphatic heterocycles. The summed E-state index contributed by atoms with van der Waals surface area (Å²) in [6.07, 6.45) is 1.51. The second-order valence-corrected chi connectivity index (χ2v) is 6.95. The highest BCUT2D eigenvalue weighted by Gasteiger charge is 2.16. The minimum Gasteiger partial charge on any atom is -0.333 e. The highest BCUT2D eigenvalue weighted by Crippen LogP contribution is 2.19. The molecule has 0 fully saturated rings. The van der Waals surface area contributed by atoms with Gasteiger partial charge in [-0.25, -0.2) is 0 Å². The molecule has 2 N–H and O–H groups in total. The Hall–Kier alpha value is -4.53. The van der Waals surface area contributed by atoms with Crippen molar-refractivity contribution in [3.63, 3.8) is 0 Å². The predicted molar refractivity (Wildman–Crippen MR) is 119 cm³/mol. The van der Waals surface area contributed by atoms with Crippen molar-refractivity contribution in [2.45, 2.75) is 13.5 Å². The second-order valence-electron chi connectivity index (χ2n) is 6.95. The third-order valence-electron chi connectivity index (χ3n) is 4.51. The van der Waals surface area contributed by atoms with E-state index < -0.39 is 5.56 Å². The van der Waals surface area contributed by atoms with Crippen molar-refractivity contribution in [1.82, 2.24) is 14.7 Å². The smallest absolute Gasteiger partial charge is 0.263 e. The summed E-state index contributed by atoms with van der Waals surface area (Å²) in [5.74, 6) is -0.113. The lowest BCUT2D eigenvalue weighted by Crippen LogP contribution is -2.28. The Bertz CT molecular complexity index is 1310. The maximum absolute atomic E-state index is 12.9. The first-order chi connectivity index (χ1) is 15.5. The number of nitrogens with one attached hydrogen (secondary N) is 2. The fraction of sp³-hybridized carbons (Fsp3) is 0.0870. The second kappa shape index (κ2) is 9.09. The molecular formula is C23H19N5O4. The number of benzene rings is 2. The van der Waals surface area contributed by atoms with E-state index in [2.05, 4.69) is 20.8 Å². The number of amides is 2. The largest absolute Gasteiger partial charge is 0.333 e. The number of carbonyl (C=O) groups is 2. The third kappa shape index (κ3) is 4.78. The average Bonchev–Trinajstić information content (AvgIpc) is 3.27. The minimum absolute atomic E-state index is 0.0807. The fourth-order valence-electron chi connectivity index (χ4n) is 3.06. The summed E-state index contributed by atoms with van der Waals surface area (Å²) in [6.45, 7) is 1.22. The average molecular weight is 429 g/mol. The first-order valence-corrected chi connectivity index (χ1v) is 9.76. The van der Waals surface area contributed by atoms with Crippen LogP contribution in [0.5, 0.6) is 0 Å². The van der Waals surface area contributed by atoms with Gasteiger partial charge in [0.1, 0.15) is 12.1 Å². The highest BCUT2D eigenvalue weighted by molar-refractivity contribution is 5.92. The van der Waals surface area contributed by atoms with Crippen LogP contribution in [0.1, 0.15) is 6.92 Å². The lowest BCUT2D eigenvalue weighted by atomic mass is 10.2. The van der Waals surface area contributed by atoms with Gasteiger partial charge in [-0.2, -0.15) is 4.98 Å². The monoisotopic (exact) mass is 429 g/mol. The molecule has 2 heterocycles. The standard InChI is InChI=1S/C23H19N5O4/c1-15(29)24-17-9-11-18(12-10-17)25-20(30)14-28-13-5-8-19(23(28)31)22-26-21(27-32-22)16-6-3-2-4-7-16/h2-13H,14H2,1H3,(H,24,29)(H,25,30). The SMILES string of the molecule is CC(=O)Nc1ccc(NC(=O)Cn2cccc(-c3nc(-c4ccccc4)no3)c2=O)cc1. The van der Waals surface area contributed by atoms with Crippen LogP contribution in [0.4, 0.5) is 11.4 Å². The van der Waals surface area contributed by atoms with Crippen molar-refractivity contribution in [2.24, 2.45) is 0 Å². The zero-order chi connectivity index (χ0) is 22.5. The molecule has 0 spiro atoms. The van der Waals surface area contributed by atoms with Crippen LogP contribution in [-0.2, 0) is 16.1 Å². The zero-order valence-corrected chi connectivity index (χ0v) is 17.1. The molecule has 0 saturated heterocycles. The van der Waals surface area contributed by atoms with Crippen LogP contribution in [0.2, 0.25) is 0 Å². The van der Waals surface area contributed by atoms with Crippen molar-refractivity contribution in [2.75, 3.05) is 10.6 Å². The molecule has 0 bridgehead atoms. The van der Waals surface area contributed by atoms with Gasteiger partial charge in [0, 0.05) is 30.1 Å². The van der Waals surface area contributed by atoms with E-state index in [9.17, 15) is 14.4 Å².